The Morgan fingerprint density at radius 3 is 2.22 bits per heavy atom. The van der Waals surface area contributed by atoms with Gasteiger partial charge >= 0.3 is 7.12 Å². The zero-order chi connectivity index (χ0) is 13.0. The molecule has 0 heterocycles. The van der Waals surface area contributed by atoms with Gasteiger partial charge in [0.1, 0.15) is 0 Å². The highest BCUT2D eigenvalue weighted by Crippen LogP contribution is 2.23. The molecule has 0 amide bonds. The molecular formula is C15H17BO2. The second kappa shape index (κ2) is 5.85. The largest absolute Gasteiger partial charge is 0.488 e. The van der Waals surface area contributed by atoms with Crippen LogP contribution in [0.4, 0.5) is 0 Å². The van der Waals surface area contributed by atoms with Gasteiger partial charge in [-0.1, -0.05) is 61.9 Å². The van der Waals surface area contributed by atoms with Crippen LogP contribution < -0.4 is 5.46 Å². The molecule has 0 unspecified atom stereocenters. The molecule has 0 saturated heterocycles. The fourth-order valence-electron chi connectivity index (χ4n) is 2.12. The van der Waals surface area contributed by atoms with Crippen LogP contribution in [0.1, 0.15) is 18.9 Å². The van der Waals surface area contributed by atoms with Gasteiger partial charge in [0.15, 0.2) is 0 Å². The van der Waals surface area contributed by atoms with Crippen molar-refractivity contribution in [3.8, 4) is 11.1 Å². The van der Waals surface area contributed by atoms with Gasteiger partial charge in [-0.3, -0.25) is 0 Å². The molecule has 0 saturated carbocycles. The standard InChI is InChI=1S/C15H17BO2/c1-2-5-12-6-3-4-7-15(12)13-8-10-14(11-9-13)16(17)18/h3-4,6-11,17-18H,2,5H2,1H3. The molecule has 2 aromatic rings. The third kappa shape index (κ3) is 2.81. The van der Waals surface area contributed by atoms with Gasteiger partial charge in [0.05, 0.1) is 0 Å². The molecule has 0 aliphatic carbocycles. The zero-order valence-corrected chi connectivity index (χ0v) is 10.5. The smallest absolute Gasteiger partial charge is 0.423 e. The molecule has 0 spiro atoms. The third-order valence-corrected chi connectivity index (χ3v) is 3.06. The maximum atomic E-state index is 9.08. The topological polar surface area (TPSA) is 40.5 Å². The van der Waals surface area contributed by atoms with Crippen LogP contribution in [0.25, 0.3) is 11.1 Å². The molecule has 0 radical (unpaired) electrons. The van der Waals surface area contributed by atoms with Crippen molar-refractivity contribution in [3.05, 3.63) is 54.1 Å². The van der Waals surface area contributed by atoms with Crippen LogP contribution in [-0.4, -0.2) is 17.2 Å². The van der Waals surface area contributed by atoms with Crippen LogP contribution in [0.3, 0.4) is 0 Å². The fraction of sp³-hybridized carbons (Fsp3) is 0.200. The van der Waals surface area contributed by atoms with E-state index in [9.17, 15) is 0 Å². The second-order valence-electron chi connectivity index (χ2n) is 4.40. The van der Waals surface area contributed by atoms with E-state index in [2.05, 4.69) is 25.1 Å². The first-order valence-corrected chi connectivity index (χ1v) is 6.26. The summed E-state index contributed by atoms with van der Waals surface area (Å²) >= 11 is 0. The van der Waals surface area contributed by atoms with Gasteiger partial charge in [-0.05, 0) is 28.6 Å². The lowest BCUT2D eigenvalue weighted by Crippen LogP contribution is -2.29. The van der Waals surface area contributed by atoms with E-state index in [-0.39, 0.29) is 0 Å². The Labute approximate surface area is 108 Å². The van der Waals surface area contributed by atoms with E-state index in [4.69, 9.17) is 10.0 Å². The molecule has 2 aromatic carbocycles. The summed E-state index contributed by atoms with van der Waals surface area (Å²) in [7, 11) is -1.40. The average Bonchev–Trinajstić information content (AvgIpc) is 2.40. The first kappa shape index (κ1) is 12.9. The minimum absolute atomic E-state index is 0.520. The normalized spacial score (nSPS) is 10.4. The lowest BCUT2D eigenvalue weighted by Gasteiger charge is -2.09. The van der Waals surface area contributed by atoms with Gasteiger partial charge in [0.25, 0.3) is 0 Å². The van der Waals surface area contributed by atoms with Crippen molar-refractivity contribution in [1.82, 2.24) is 0 Å². The van der Waals surface area contributed by atoms with Crippen LogP contribution in [0, 0.1) is 0 Å². The van der Waals surface area contributed by atoms with E-state index >= 15 is 0 Å². The predicted molar refractivity (Wildman–Crippen MR) is 75.7 cm³/mol. The summed E-state index contributed by atoms with van der Waals surface area (Å²) in [6.07, 6.45) is 2.17. The molecule has 2 N–H and O–H groups in total. The monoisotopic (exact) mass is 240 g/mol. The molecule has 2 rings (SSSR count). The molecule has 0 aromatic heterocycles. The van der Waals surface area contributed by atoms with Crippen molar-refractivity contribution in [2.75, 3.05) is 0 Å². The Morgan fingerprint density at radius 1 is 0.944 bits per heavy atom. The van der Waals surface area contributed by atoms with Crippen molar-refractivity contribution in [2.24, 2.45) is 0 Å². The minimum atomic E-state index is -1.40. The molecule has 0 bridgehead atoms. The van der Waals surface area contributed by atoms with Gasteiger partial charge in [-0.15, -0.1) is 0 Å². The average molecular weight is 240 g/mol. The van der Waals surface area contributed by atoms with Crippen molar-refractivity contribution in [1.29, 1.82) is 0 Å². The summed E-state index contributed by atoms with van der Waals surface area (Å²) in [5.41, 5.74) is 4.19. The first-order chi connectivity index (χ1) is 8.72. The van der Waals surface area contributed by atoms with Crippen LogP contribution in [0.5, 0.6) is 0 Å². The highest BCUT2D eigenvalue weighted by Gasteiger charge is 2.10. The second-order valence-corrected chi connectivity index (χ2v) is 4.40. The highest BCUT2D eigenvalue weighted by molar-refractivity contribution is 6.58. The van der Waals surface area contributed by atoms with Gasteiger partial charge < -0.3 is 10.0 Å². The third-order valence-electron chi connectivity index (χ3n) is 3.06. The van der Waals surface area contributed by atoms with E-state index in [0.29, 0.717) is 5.46 Å². The van der Waals surface area contributed by atoms with E-state index in [1.165, 1.54) is 11.1 Å². The highest BCUT2D eigenvalue weighted by atomic mass is 16.4. The molecular weight excluding hydrogens is 223 g/mol. The van der Waals surface area contributed by atoms with E-state index in [0.717, 1.165) is 18.4 Å². The molecule has 92 valence electrons. The van der Waals surface area contributed by atoms with E-state index in [1.54, 1.807) is 12.1 Å². The Kier molecular flexibility index (Phi) is 4.18. The van der Waals surface area contributed by atoms with Crippen molar-refractivity contribution < 1.29 is 10.0 Å². The van der Waals surface area contributed by atoms with Gasteiger partial charge in [-0.25, -0.2) is 0 Å². The van der Waals surface area contributed by atoms with Crippen LogP contribution in [0.15, 0.2) is 48.5 Å². The van der Waals surface area contributed by atoms with Crippen molar-refractivity contribution in [2.45, 2.75) is 19.8 Å². The number of hydrogen-bond donors (Lipinski definition) is 2. The maximum Gasteiger partial charge on any atom is 0.488 e. The summed E-state index contributed by atoms with van der Waals surface area (Å²) in [5.74, 6) is 0. The Morgan fingerprint density at radius 2 is 1.61 bits per heavy atom. The van der Waals surface area contributed by atoms with Crippen LogP contribution in [-0.2, 0) is 6.42 Å². The Hall–Kier alpha value is -1.58. The minimum Gasteiger partial charge on any atom is -0.423 e. The lowest BCUT2D eigenvalue weighted by atomic mass is 9.79. The first-order valence-electron chi connectivity index (χ1n) is 6.26. The number of aryl methyl sites for hydroxylation is 1. The Bertz CT molecular complexity index is 506. The summed E-state index contributed by atoms with van der Waals surface area (Å²) in [6.45, 7) is 2.17. The van der Waals surface area contributed by atoms with Crippen LogP contribution in [0.2, 0.25) is 0 Å². The van der Waals surface area contributed by atoms with E-state index in [1.807, 2.05) is 18.2 Å². The molecule has 0 atom stereocenters. The predicted octanol–water partition coefficient (Wildman–Crippen LogP) is 1.99. The quantitative estimate of drug-likeness (QED) is 0.802. The van der Waals surface area contributed by atoms with Crippen molar-refractivity contribution in [3.63, 3.8) is 0 Å². The van der Waals surface area contributed by atoms with Crippen molar-refractivity contribution >= 4 is 12.6 Å². The summed E-state index contributed by atoms with van der Waals surface area (Å²) in [6, 6.07) is 15.7. The SMILES string of the molecule is CCCc1ccccc1-c1ccc(B(O)O)cc1. The summed E-state index contributed by atoms with van der Waals surface area (Å²) in [5, 5.41) is 18.2. The molecule has 0 aliphatic rings. The zero-order valence-electron chi connectivity index (χ0n) is 10.5. The molecule has 18 heavy (non-hydrogen) atoms. The fourth-order valence-corrected chi connectivity index (χ4v) is 2.12. The number of rotatable bonds is 4. The Balaban J connectivity index is 2.36. The number of hydrogen-bond acceptors (Lipinski definition) is 2. The molecule has 2 nitrogen and oxygen atoms in total. The maximum absolute atomic E-state index is 9.08. The van der Waals surface area contributed by atoms with Crippen LogP contribution >= 0.6 is 0 Å². The number of benzene rings is 2. The molecule has 0 fully saturated rings. The van der Waals surface area contributed by atoms with Gasteiger partial charge in [0, 0.05) is 0 Å². The van der Waals surface area contributed by atoms with Gasteiger partial charge in [0.2, 0.25) is 0 Å². The summed E-state index contributed by atoms with van der Waals surface area (Å²) < 4.78 is 0. The molecule has 0 aliphatic heterocycles. The lowest BCUT2D eigenvalue weighted by molar-refractivity contribution is 0.426. The van der Waals surface area contributed by atoms with E-state index < -0.39 is 7.12 Å². The molecule has 3 heteroatoms. The summed E-state index contributed by atoms with van der Waals surface area (Å²) in [4.78, 5) is 0. The van der Waals surface area contributed by atoms with Gasteiger partial charge in [-0.2, -0.15) is 0 Å².